The van der Waals surface area contributed by atoms with E-state index in [1.54, 1.807) is 13.0 Å². The predicted octanol–water partition coefficient (Wildman–Crippen LogP) is 5.19. The van der Waals surface area contributed by atoms with E-state index in [2.05, 4.69) is 14.4 Å². The molecule has 3 aromatic rings. The van der Waals surface area contributed by atoms with Crippen molar-refractivity contribution in [3.05, 3.63) is 46.3 Å². The Hall–Kier alpha value is -2.11. The molecule has 2 aromatic heterocycles. The Morgan fingerprint density at radius 3 is 2.37 bits per heavy atom. The van der Waals surface area contributed by atoms with Crippen molar-refractivity contribution in [2.75, 3.05) is 4.72 Å². The molecule has 0 radical (unpaired) electrons. The van der Waals surface area contributed by atoms with E-state index in [1.165, 1.54) is 34.8 Å². The van der Waals surface area contributed by atoms with Gasteiger partial charge in [-0.15, -0.1) is 35.8 Å². The highest BCUT2D eigenvalue weighted by Crippen LogP contribution is 2.36. The summed E-state index contributed by atoms with van der Waals surface area (Å²) in [6.07, 6.45) is -4.81. The summed E-state index contributed by atoms with van der Waals surface area (Å²) in [5.41, 5.74) is 0.978. The molecule has 0 saturated carbocycles. The molecule has 0 aliphatic rings. The molecule has 5 nitrogen and oxygen atoms in total. The first-order valence-corrected chi connectivity index (χ1v) is 10.6. The Bertz CT molecular complexity index is 1050. The minimum atomic E-state index is -4.81. The maximum Gasteiger partial charge on any atom is 0.573 e. The van der Waals surface area contributed by atoms with Crippen LogP contribution in [0, 0.1) is 13.8 Å². The molecule has 11 heteroatoms. The number of nitrogens with one attached hydrogen (secondary N) is 1. The van der Waals surface area contributed by atoms with Crippen LogP contribution in [0.25, 0.3) is 9.88 Å². The number of thiazole rings is 1. The summed E-state index contributed by atoms with van der Waals surface area (Å²) in [7, 11) is -3.90. The SMILES string of the molecule is Cc1csc(-c2cc(S(=O)(=O)Nc3ccc(OC(F)(F)F)cc3)c(C)s2)n1. The molecule has 1 N–H and O–H groups in total. The number of aryl methyl sites for hydroxylation is 2. The summed E-state index contributed by atoms with van der Waals surface area (Å²) in [5.74, 6) is -0.432. The number of nitrogens with zero attached hydrogens (tertiary/aromatic N) is 1. The van der Waals surface area contributed by atoms with Crippen LogP contribution in [0.1, 0.15) is 10.6 Å². The van der Waals surface area contributed by atoms with Crippen molar-refractivity contribution >= 4 is 38.4 Å². The van der Waals surface area contributed by atoms with Crippen molar-refractivity contribution in [1.29, 1.82) is 0 Å². The fourth-order valence-corrected chi connectivity index (χ4v) is 5.75. The first-order valence-electron chi connectivity index (χ1n) is 7.45. The van der Waals surface area contributed by atoms with Crippen LogP contribution >= 0.6 is 22.7 Å². The summed E-state index contributed by atoms with van der Waals surface area (Å²) >= 11 is 2.73. The highest BCUT2D eigenvalue weighted by molar-refractivity contribution is 7.93. The van der Waals surface area contributed by atoms with Gasteiger partial charge < -0.3 is 4.74 Å². The van der Waals surface area contributed by atoms with Gasteiger partial charge in [0.1, 0.15) is 15.7 Å². The zero-order valence-electron chi connectivity index (χ0n) is 14.0. The molecule has 0 bridgehead atoms. The van der Waals surface area contributed by atoms with Gasteiger partial charge in [-0.05, 0) is 44.2 Å². The van der Waals surface area contributed by atoms with E-state index < -0.39 is 22.1 Å². The van der Waals surface area contributed by atoms with Gasteiger partial charge in [0.2, 0.25) is 0 Å². The summed E-state index contributed by atoms with van der Waals surface area (Å²) in [5, 5.41) is 2.61. The van der Waals surface area contributed by atoms with Crippen molar-refractivity contribution in [2.45, 2.75) is 25.1 Å². The Labute approximate surface area is 161 Å². The molecule has 0 amide bonds. The number of alkyl halides is 3. The molecule has 0 aliphatic carbocycles. The van der Waals surface area contributed by atoms with Crippen LogP contribution in [0.2, 0.25) is 0 Å². The number of sulfonamides is 1. The number of hydrogen-bond donors (Lipinski definition) is 1. The predicted molar refractivity (Wildman–Crippen MR) is 98.8 cm³/mol. The van der Waals surface area contributed by atoms with Crippen LogP contribution in [-0.4, -0.2) is 19.8 Å². The third-order valence-corrected chi connectivity index (χ3v) is 7.15. The van der Waals surface area contributed by atoms with E-state index in [4.69, 9.17) is 0 Å². The number of anilines is 1. The fourth-order valence-electron chi connectivity index (χ4n) is 2.24. The number of ether oxygens (including phenoxy) is 1. The van der Waals surface area contributed by atoms with Gasteiger partial charge in [0.25, 0.3) is 10.0 Å². The van der Waals surface area contributed by atoms with Gasteiger partial charge in [0.05, 0.1) is 4.88 Å². The minimum Gasteiger partial charge on any atom is -0.406 e. The number of hydrogen-bond acceptors (Lipinski definition) is 6. The average Bonchev–Trinajstić information content (AvgIpc) is 3.14. The lowest BCUT2D eigenvalue weighted by molar-refractivity contribution is -0.274. The van der Waals surface area contributed by atoms with Gasteiger partial charge in [0.15, 0.2) is 0 Å². The highest BCUT2D eigenvalue weighted by atomic mass is 32.2. The zero-order chi connectivity index (χ0) is 19.8. The van der Waals surface area contributed by atoms with E-state index in [1.807, 2.05) is 12.3 Å². The molecule has 0 spiro atoms. The van der Waals surface area contributed by atoms with Crippen LogP contribution in [0.3, 0.4) is 0 Å². The van der Waals surface area contributed by atoms with Gasteiger partial charge in [0, 0.05) is 21.6 Å². The smallest absolute Gasteiger partial charge is 0.406 e. The normalized spacial score (nSPS) is 12.2. The molecular weight excluding hydrogens is 421 g/mol. The molecule has 144 valence electrons. The maximum absolute atomic E-state index is 12.7. The molecule has 0 saturated heterocycles. The van der Waals surface area contributed by atoms with Crippen molar-refractivity contribution in [2.24, 2.45) is 0 Å². The van der Waals surface area contributed by atoms with E-state index in [0.29, 0.717) is 4.88 Å². The second-order valence-electron chi connectivity index (χ2n) is 5.50. The third kappa shape index (κ3) is 4.79. The summed E-state index contributed by atoms with van der Waals surface area (Å²) in [4.78, 5) is 5.77. The number of benzene rings is 1. The number of thiophene rings is 1. The Morgan fingerprint density at radius 2 is 1.81 bits per heavy atom. The quantitative estimate of drug-likeness (QED) is 0.600. The Kier molecular flexibility index (Phi) is 5.19. The van der Waals surface area contributed by atoms with E-state index in [0.717, 1.165) is 27.7 Å². The Morgan fingerprint density at radius 1 is 1.15 bits per heavy atom. The largest absolute Gasteiger partial charge is 0.573 e. The Balaban J connectivity index is 1.82. The maximum atomic E-state index is 12.7. The van der Waals surface area contributed by atoms with E-state index >= 15 is 0 Å². The van der Waals surface area contributed by atoms with Gasteiger partial charge >= 0.3 is 6.36 Å². The van der Waals surface area contributed by atoms with Gasteiger partial charge in [-0.25, -0.2) is 13.4 Å². The molecule has 3 rings (SSSR count). The van der Waals surface area contributed by atoms with Gasteiger partial charge in [-0.3, -0.25) is 4.72 Å². The standard InChI is InChI=1S/C16H13F3N2O3S3/c1-9-8-25-15(20-9)13-7-14(10(2)26-13)27(22,23)21-11-3-5-12(6-4-11)24-16(17,18)19/h3-8,21H,1-2H3. The van der Waals surface area contributed by atoms with Gasteiger partial charge in [-0.2, -0.15) is 0 Å². The second-order valence-corrected chi connectivity index (χ2v) is 9.27. The van der Waals surface area contributed by atoms with Crippen molar-refractivity contribution in [1.82, 2.24) is 4.98 Å². The molecule has 2 heterocycles. The average molecular weight is 434 g/mol. The first kappa shape index (κ1) is 19.6. The van der Waals surface area contributed by atoms with Crippen LogP contribution in [0.4, 0.5) is 18.9 Å². The van der Waals surface area contributed by atoms with E-state index in [-0.39, 0.29) is 10.6 Å². The van der Waals surface area contributed by atoms with Crippen LogP contribution in [0.5, 0.6) is 5.75 Å². The lowest BCUT2D eigenvalue weighted by Crippen LogP contribution is -2.17. The van der Waals surface area contributed by atoms with Crippen LogP contribution in [0.15, 0.2) is 40.6 Å². The topological polar surface area (TPSA) is 68.3 Å². The molecule has 27 heavy (non-hydrogen) atoms. The second kappa shape index (κ2) is 7.13. The lowest BCUT2D eigenvalue weighted by Gasteiger charge is -2.10. The number of rotatable bonds is 5. The first-order chi connectivity index (χ1) is 12.5. The van der Waals surface area contributed by atoms with Crippen molar-refractivity contribution in [3.8, 4) is 15.6 Å². The summed E-state index contributed by atoms with van der Waals surface area (Å²) in [6, 6.07) is 6.02. The van der Waals surface area contributed by atoms with Crippen molar-refractivity contribution < 1.29 is 26.3 Å². The zero-order valence-corrected chi connectivity index (χ0v) is 16.4. The molecule has 0 aliphatic heterocycles. The molecule has 0 atom stereocenters. The summed E-state index contributed by atoms with van der Waals surface area (Å²) in [6.45, 7) is 3.54. The fraction of sp³-hybridized carbons (Fsp3) is 0.188. The lowest BCUT2D eigenvalue weighted by atomic mass is 10.3. The molecule has 0 fully saturated rings. The van der Waals surface area contributed by atoms with E-state index in [9.17, 15) is 21.6 Å². The van der Waals surface area contributed by atoms with Gasteiger partial charge in [-0.1, -0.05) is 0 Å². The molecular formula is C16H13F3N2O3S3. The molecule has 1 aromatic carbocycles. The van der Waals surface area contributed by atoms with Crippen LogP contribution < -0.4 is 9.46 Å². The van der Waals surface area contributed by atoms with Crippen LogP contribution in [-0.2, 0) is 10.0 Å². The van der Waals surface area contributed by atoms with Crippen molar-refractivity contribution in [3.63, 3.8) is 0 Å². The minimum absolute atomic E-state index is 0.103. The monoisotopic (exact) mass is 434 g/mol. The number of halogens is 3. The molecule has 0 unspecified atom stereocenters. The summed E-state index contributed by atoms with van der Waals surface area (Å²) < 4.78 is 68.0. The number of aromatic nitrogens is 1. The highest BCUT2D eigenvalue weighted by Gasteiger charge is 2.31. The third-order valence-electron chi connectivity index (χ3n) is 3.33.